The van der Waals surface area contributed by atoms with Crippen LogP contribution >= 0.6 is 0 Å². The van der Waals surface area contributed by atoms with Crippen LogP contribution in [-0.2, 0) is 21.4 Å². The van der Waals surface area contributed by atoms with Gasteiger partial charge < -0.3 is 4.90 Å². The van der Waals surface area contributed by atoms with Crippen molar-refractivity contribution < 1.29 is 13.2 Å². The van der Waals surface area contributed by atoms with Crippen molar-refractivity contribution in [3.05, 3.63) is 89.6 Å². The number of amides is 1. The number of likely N-dealkylation sites (N-methyl/N-ethyl adjacent to an activating group) is 1. The van der Waals surface area contributed by atoms with Crippen LogP contribution in [0.5, 0.6) is 0 Å². The van der Waals surface area contributed by atoms with Gasteiger partial charge in [0.15, 0.2) is 0 Å². The Balaban J connectivity index is 1.25. The number of hydrogen-bond donors (Lipinski definition) is 0. The van der Waals surface area contributed by atoms with E-state index in [2.05, 4.69) is 5.10 Å². The van der Waals surface area contributed by atoms with Crippen LogP contribution in [0.1, 0.15) is 11.1 Å². The lowest BCUT2D eigenvalue weighted by Crippen LogP contribution is -2.50. The fraction of sp³-hybridized carbons (Fsp3) is 0.280. The summed E-state index contributed by atoms with van der Waals surface area (Å²) >= 11 is 0. The molecule has 1 amide bonds. The zero-order valence-corrected chi connectivity index (χ0v) is 20.0. The van der Waals surface area contributed by atoms with Crippen LogP contribution in [0.25, 0.3) is 11.8 Å². The number of para-hydroxylation sites is 1. The molecule has 0 unspecified atom stereocenters. The maximum Gasteiger partial charge on any atom is 0.236 e. The zero-order valence-electron chi connectivity index (χ0n) is 19.2. The van der Waals surface area contributed by atoms with Gasteiger partial charge in [-0.05, 0) is 23.8 Å². The number of rotatable bonds is 8. The molecule has 1 aliphatic heterocycles. The van der Waals surface area contributed by atoms with E-state index in [0.717, 1.165) is 16.8 Å². The summed E-state index contributed by atoms with van der Waals surface area (Å²) in [5.41, 5.74) is 2.75. The number of nitrogens with zero attached hydrogens (tertiary/aromatic N) is 5. The fourth-order valence-electron chi connectivity index (χ4n) is 3.79. The molecule has 0 spiro atoms. The summed E-state index contributed by atoms with van der Waals surface area (Å²) in [6.45, 7) is 2.49. The van der Waals surface area contributed by atoms with Crippen LogP contribution in [0.15, 0.2) is 78.5 Å². The van der Waals surface area contributed by atoms with Gasteiger partial charge in [-0.25, -0.2) is 13.1 Å². The Bertz CT molecular complexity index is 1220. The number of sulfonamides is 1. The summed E-state index contributed by atoms with van der Waals surface area (Å²) in [6.07, 6.45) is 5.30. The van der Waals surface area contributed by atoms with Crippen LogP contribution in [-0.4, -0.2) is 78.0 Å². The number of benzene rings is 2. The van der Waals surface area contributed by atoms with Gasteiger partial charge in [0.05, 0.1) is 18.4 Å². The van der Waals surface area contributed by atoms with E-state index in [-0.39, 0.29) is 12.5 Å². The summed E-state index contributed by atoms with van der Waals surface area (Å²) in [4.78, 5) is 16.4. The molecule has 1 aromatic heterocycles. The smallest absolute Gasteiger partial charge is 0.236 e. The van der Waals surface area contributed by atoms with Gasteiger partial charge in [-0.1, -0.05) is 48.5 Å². The molecule has 178 valence electrons. The van der Waals surface area contributed by atoms with Crippen molar-refractivity contribution in [2.75, 3.05) is 39.8 Å². The molecule has 0 bridgehead atoms. The van der Waals surface area contributed by atoms with Crippen LogP contribution < -0.4 is 0 Å². The van der Waals surface area contributed by atoms with Gasteiger partial charge in [-0.2, -0.15) is 9.40 Å². The first-order valence-corrected chi connectivity index (χ1v) is 12.7. The van der Waals surface area contributed by atoms with E-state index in [0.29, 0.717) is 32.7 Å². The van der Waals surface area contributed by atoms with Gasteiger partial charge >= 0.3 is 0 Å². The Morgan fingerprint density at radius 2 is 1.65 bits per heavy atom. The predicted octanol–water partition coefficient (Wildman–Crippen LogP) is 2.45. The van der Waals surface area contributed by atoms with Crippen molar-refractivity contribution in [1.82, 2.24) is 23.9 Å². The number of aromatic nitrogens is 2. The molecular formula is C25H29N5O3S. The molecule has 0 saturated carbocycles. The largest absolute Gasteiger partial charge is 0.340 e. The highest BCUT2D eigenvalue weighted by molar-refractivity contribution is 7.92. The van der Waals surface area contributed by atoms with E-state index in [1.165, 1.54) is 9.71 Å². The highest BCUT2D eigenvalue weighted by Gasteiger charge is 2.26. The van der Waals surface area contributed by atoms with Gasteiger partial charge in [0.2, 0.25) is 15.9 Å². The van der Waals surface area contributed by atoms with Gasteiger partial charge in [-0.15, -0.1) is 0 Å². The van der Waals surface area contributed by atoms with E-state index in [1.54, 1.807) is 28.9 Å². The molecule has 34 heavy (non-hydrogen) atoms. The predicted molar refractivity (Wildman–Crippen MR) is 132 cm³/mol. The molecule has 1 saturated heterocycles. The maximum absolute atomic E-state index is 12.7. The minimum Gasteiger partial charge on any atom is -0.340 e. The van der Waals surface area contributed by atoms with Crippen molar-refractivity contribution in [2.45, 2.75) is 6.54 Å². The average Bonchev–Trinajstić information content (AvgIpc) is 3.33. The van der Waals surface area contributed by atoms with Gasteiger partial charge in [0, 0.05) is 56.9 Å². The van der Waals surface area contributed by atoms with Crippen LogP contribution in [0, 0.1) is 0 Å². The third-order valence-corrected chi connectivity index (χ3v) is 7.35. The molecule has 0 N–H and O–H groups in total. The Kier molecular flexibility index (Phi) is 7.56. The van der Waals surface area contributed by atoms with Crippen molar-refractivity contribution in [3.8, 4) is 5.69 Å². The molecule has 2 aromatic carbocycles. The Morgan fingerprint density at radius 3 is 2.32 bits per heavy atom. The monoisotopic (exact) mass is 479 g/mol. The summed E-state index contributed by atoms with van der Waals surface area (Å²) < 4.78 is 28.5. The first-order chi connectivity index (χ1) is 16.4. The van der Waals surface area contributed by atoms with Gasteiger partial charge in [0.1, 0.15) is 0 Å². The molecular weight excluding hydrogens is 450 g/mol. The number of carbonyl (C=O) groups is 1. The van der Waals surface area contributed by atoms with Crippen LogP contribution in [0.3, 0.4) is 0 Å². The van der Waals surface area contributed by atoms with E-state index in [4.69, 9.17) is 0 Å². The molecule has 2 heterocycles. The van der Waals surface area contributed by atoms with Crippen molar-refractivity contribution in [3.63, 3.8) is 0 Å². The van der Waals surface area contributed by atoms with Crippen molar-refractivity contribution >= 4 is 22.0 Å². The third kappa shape index (κ3) is 6.19. The van der Waals surface area contributed by atoms with Crippen molar-refractivity contribution in [2.24, 2.45) is 0 Å². The second-order valence-electron chi connectivity index (χ2n) is 8.31. The second kappa shape index (κ2) is 10.8. The molecule has 1 fully saturated rings. The first kappa shape index (κ1) is 23.9. The van der Waals surface area contributed by atoms with E-state index in [9.17, 15) is 13.2 Å². The van der Waals surface area contributed by atoms with E-state index >= 15 is 0 Å². The number of carbonyl (C=O) groups excluding carboxylic acids is 1. The first-order valence-electron chi connectivity index (χ1n) is 11.2. The molecule has 0 atom stereocenters. The molecule has 0 radical (unpaired) electrons. The molecule has 8 nitrogen and oxygen atoms in total. The second-order valence-corrected chi connectivity index (χ2v) is 10.1. The minimum absolute atomic E-state index is 0.00672. The van der Waals surface area contributed by atoms with E-state index in [1.807, 2.05) is 71.8 Å². The summed E-state index contributed by atoms with van der Waals surface area (Å²) in [5.74, 6) is -0.00672. The average molecular weight is 480 g/mol. The summed E-state index contributed by atoms with van der Waals surface area (Å²) in [7, 11) is -1.71. The third-order valence-electron chi connectivity index (χ3n) is 5.78. The highest BCUT2D eigenvalue weighted by Crippen LogP contribution is 2.13. The summed E-state index contributed by atoms with van der Waals surface area (Å²) in [6, 6.07) is 19.2. The van der Waals surface area contributed by atoms with Gasteiger partial charge in [-0.3, -0.25) is 9.69 Å². The highest BCUT2D eigenvalue weighted by atomic mass is 32.2. The number of piperazine rings is 1. The Hall–Kier alpha value is -3.27. The molecule has 1 aliphatic rings. The molecule has 3 aromatic rings. The van der Waals surface area contributed by atoms with Crippen LogP contribution in [0.4, 0.5) is 0 Å². The normalized spacial score (nSPS) is 15.6. The number of hydrogen-bond acceptors (Lipinski definition) is 5. The molecule has 4 rings (SSSR count). The topological polar surface area (TPSA) is 78.8 Å². The zero-order chi connectivity index (χ0) is 24.0. The van der Waals surface area contributed by atoms with Crippen LogP contribution in [0.2, 0.25) is 0 Å². The van der Waals surface area contributed by atoms with E-state index < -0.39 is 10.0 Å². The maximum atomic E-state index is 12.7. The Morgan fingerprint density at radius 1 is 1.00 bits per heavy atom. The molecule has 0 aliphatic carbocycles. The van der Waals surface area contributed by atoms with Gasteiger partial charge in [0.25, 0.3) is 0 Å². The molecule has 9 heteroatoms. The fourth-order valence-corrected chi connectivity index (χ4v) is 4.97. The SMILES string of the molecule is CN(Cc1cnn(-c2ccccc2)c1)C(=O)CN1CCN(S(=O)(=O)/C=C/c2ccccc2)CC1. The standard InChI is InChI=1S/C25H29N5O3S/c1-27(19-23-18-26-30(20-23)24-10-6-3-7-11-24)25(31)21-28-13-15-29(16-14-28)34(32,33)17-12-22-8-4-2-5-9-22/h2-12,17-18,20H,13-16,19,21H2,1H3/b17-12+. The quantitative estimate of drug-likeness (QED) is 0.496. The lowest BCUT2D eigenvalue weighted by Gasteiger charge is -2.33. The Labute approximate surface area is 200 Å². The lowest BCUT2D eigenvalue weighted by atomic mass is 10.2. The minimum atomic E-state index is -3.49. The van der Waals surface area contributed by atoms with Crippen molar-refractivity contribution in [1.29, 1.82) is 0 Å². The lowest BCUT2D eigenvalue weighted by molar-refractivity contribution is -0.131. The summed E-state index contributed by atoms with van der Waals surface area (Å²) in [5, 5.41) is 5.64.